The summed E-state index contributed by atoms with van der Waals surface area (Å²) >= 11 is 0. The molecule has 1 aliphatic rings. The highest BCUT2D eigenvalue weighted by Gasteiger charge is 2.24. The molecule has 0 aliphatic carbocycles. The van der Waals surface area contributed by atoms with Crippen LogP contribution < -0.4 is 10.2 Å². The van der Waals surface area contributed by atoms with E-state index in [1.54, 1.807) is 0 Å². The van der Waals surface area contributed by atoms with Crippen LogP contribution in [0.5, 0.6) is 0 Å². The van der Waals surface area contributed by atoms with Gasteiger partial charge in [-0.2, -0.15) is 0 Å². The Labute approximate surface area is 111 Å². The molecule has 1 N–H and O–H groups in total. The smallest absolute Gasteiger partial charge is 0.0414 e. The summed E-state index contributed by atoms with van der Waals surface area (Å²) in [5.74, 6) is 0. The van der Waals surface area contributed by atoms with E-state index < -0.39 is 0 Å². The van der Waals surface area contributed by atoms with Crippen LogP contribution in [0, 0.1) is 0 Å². The fourth-order valence-corrected chi connectivity index (χ4v) is 2.89. The summed E-state index contributed by atoms with van der Waals surface area (Å²) < 4.78 is 0. The lowest BCUT2D eigenvalue weighted by atomic mass is 10.1. The van der Waals surface area contributed by atoms with Gasteiger partial charge < -0.3 is 10.2 Å². The Balaban J connectivity index is 2.03. The first-order chi connectivity index (χ1) is 8.86. The van der Waals surface area contributed by atoms with Gasteiger partial charge in [0.25, 0.3) is 0 Å². The van der Waals surface area contributed by atoms with E-state index in [1.807, 2.05) is 0 Å². The van der Waals surface area contributed by atoms with Crippen LogP contribution >= 0.6 is 0 Å². The number of hydrogen-bond acceptors (Lipinski definition) is 2. The van der Waals surface area contributed by atoms with Gasteiger partial charge in [0, 0.05) is 24.8 Å². The molecule has 1 unspecified atom stereocenters. The van der Waals surface area contributed by atoms with Gasteiger partial charge in [-0.15, -0.1) is 0 Å². The number of benzene rings is 1. The Morgan fingerprint density at radius 1 is 1.22 bits per heavy atom. The second-order valence-electron chi connectivity index (χ2n) is 5.22. The minimum atomic E-state index is 0.658. The number of fused-ring (bicyclic) bond motifs is 1. The summed E-state index contributed by atoms with van der Waals surface area (Å²) in [5.41, 5.74) is 2.99. The van der Waals surface area contributed by atoms with Gasteiger partial charge in [-0.05, 0) is 37.4 Å². The minimum Gasteiger partial charge on any atom is -0.367 e. The number of hydrogen-bond donors (Lipinski definition) is 1. The van der Waals surface area contributed by atoms with Gasteiger partial charge >= 0.3 is 0 Å². The lowest BCUT2D eigenvalue weighted by molar-refractivity contribution is 0.506. The number of anilines is 1. The maximum absolute atomic E-state index is 3.59. The van der Waals surface area contributed by atoms with Crippen LogP contribution in [0.15, 0.2) is 24.3 Å². The van der Waals surface area contributed by atoms with Crippen LogP contribution in [0.4, 0.5) is 5.69 Å². The molecule has 2 nitrogen and oxygen atoms in total. The Hall–Kier alpha value is -1.02. The summed E-state index contributed by atoms with van der Waals surface area (Å²) in [6.45, 7) is 7.96. The first-order valence-electron chi connectivity index (χ1n) is 7.42. The van der Waals surface area contributed by atoms with Crippen LogP contribution in [-0.2, 0) is 6.42 Å². The molecule has 0 radical (unpaired) electrons. The zero-order valence-corrected chi connectivity index (χ0v) is 11.8. The molecular weight excluding hydrogens is 220 g/mol. The van der Waals surface area contributed by atoms with Crippen molar-refractivity contribution in [3.8, 4) is 0 Å². The fraction of sp³-hybridized carbons (Fsp3) is 0.625. The molecule has 100 valence electrons. The van der Waals surface area contributed by atoms with E-state index in [0.717, 1.165) is 13.1 Å². The second-order valence-corrected chi connectivity index (χ2v) is 5.22. The molecule has 0 amide bonds. The third kappa shape index (κ3) is 3.05. The Bertz CT molecular complexity index is 362. The largest absolute Gasteiger partial charge is 0.367 e. The lowest BCUT2D eigenvalue weighted by Crippen LogP contribution is -2.41. The van der Waals surface area contributed by atoms with Gasteiger partial charge in [-0.3, -0.25) is 0 Å². The molecule has 1 heterocycles. The number of nitrogens with one attached hydrogen (secondary N) is 1. The molecule has 18 heavy (non-hydrogen) atoms. The number of nitrogens with zero attached hydrogens (tertiary/aromatic N) is 1. The zero-order chi connectivity index (χ0) is 12.8. The maximum atomic E-state index is 3.59. The third-order valence-corrected chi connectivity index (χ3v) is 3.79. The third-order valence-electron chi connectivity index (χ3n) is 3.79. The lowest BCUT2D eigenvalue weighted by Gasteiger charge is -2.30. The van der Waals surface area contributed by atoms with Crippen LogP contribution in [-0.4, -0.2) is 25.7 Å². The summed E-state index contributed by atoms with van der Waals surface area (Å²) in [6.07, 6.45) is 4.97. The van der Waals surface area contributed by atoms with Crippen molar-refractivity contribution >= 4 is 5.69 Å². The second kappa shape index (κ2) is 6.79. The predicted molar refractivity (Wildman–Crippen MR) is 79.3 cm³/mol. The highest BCUT2D eigenvalue weighted by molar-refractivity contribution is 5.58. The van der Waals surface area contributed by atoms with Gasteiger partial charge in [-0.1, -0.05) is 38.5 Å². The molecule has 1 aromatic carbocycles. The molecule has 0 saturated heterocycles. The predicted octanol–water partition coefficient (Wildman–Crippen LogP) is 3.22. The molecule has 0 saturated carbocycles. The Morgan fingerprint density at radius 3 is 2.83 bits per heavy atom. The van der Waals surface area contributed by atoms with Crippen molar-refractivity contribution in [2.75, 3.05) is 24.5 Å². The first kappa shape index (κ1) is 13.4. The molecule has 0 aromatic heterocycles. The number of para-hydroxylation sites is 1. The average Bonchev–Trinajstić information content (AvgIpc) is 2.82. The summed E-state index contributed by atoms with van der Waals surface area (Å²) in [6, 6.07) is 9.54. The SMILES string of the molecule is CCCNCC(CCC)N1CCc2ccccc21. The van der Waals surface area contributed by atoms with E-state index in [2.05, 4.69) is 48.3 Å². The van der Waals surface area contributed by atoms with Gasteiger partial charge in [-0.25, -0.2) is 0 Å². The van der Waals surface area contributed by atoms with Crippen molar-refractivity contribution in [1.82, 2.24) is 5.32 Å². The highest BCUT2D eigenvalue weighted by Crippen LogP contribution is 2.30. The fourth-order valence-electron chi connectivity index (χ4n) is 2.89. The van der Waals surface area contributed by atoms with Crippen molar-refractivity contribution in [3.05, 3.63) is 29.8 Å². The molecule has 1 atom stereocenters. The number of rotatable bonds is 7. The Kier molecular flexibility index (Phi) is 5.06. The molecular formula is C16H26N2. The first-order valence-corrected chi connectivity index (χ1v) is 7.42. The molecule has 1 aliphatic heterocycles. The highest BCUT2D eigenvalue weighted by atomic mass is 15.2. The van der Waals surface area contributed by atoms with Gasteiger partial charge in [0.15, 0.2) is 0 Å². The van der Waals surface area contributed by atoms with Gasteiger partial charge in [0.05, 0.1) is 0 Å². The monoisotopic (exact) mass is 246 g/mol. The van der Waals surface area contributed by atoms with Crippen LogP contribution in [0.2, 0.25) is 0 Å². The van der Waals surface area contributed by atoms with E-state index in [1.165, 1.54) is 43.5 Å². The minimum absolute atomic E-state index is 0.658. The van der Waals surface area contributed by atoms with E-state index in [-0.39, 0.29) is 0 Å². The topological polar surface area (TPSA) is 15.3 Å². The van der Waals surface area contributed by atoms with Crippen molar-refractivity contribution in [3.63, 3.8) is 0 Å². The molecule has 0 fully saturated rings. The quantitative estimate of drug-likeness (QED) is 0.743. The Morgan fingerprint density at radius 2 is 2.06 bits per heavy atom. The van der Waals surface area contributed by atoms with Crippen LogP contribution in [0.1, 0.15) is 38.7 Å². The standard InChI is InChI=1S/C16H26N2/c1-3-7-15(13-17-11-4-2)18-12-10-14-8-5-6-9-16(14)18/h5-6,8-9,15,17H,3-4,7,10-13H2,1-2H3. The van der Waals surface area contributed by atoms with Crippen LogP contribution in [0.3, 0.4) is 0 Å². The van der Waals surface area contributed by atoms with Crippen molar-refractivity contribution in [2.24, 2.45) is 0 Å². The molecule has 1 aromatic rings. The summed E-state index contributed by atoms with van der Waals surface area (Å²) in [4.78, 5) is 2.61. The van der Waals surface area contributed by atoms with E-state index in [4.69, 9.17) is 0 Å². The molecule has 0 bridgehead atoms. The van der Waals surface area contributed by atoms with Crippen molar-refractivity contribution in [2.45, 2.75) is 45.6 Å². The van der Waals surface area contributed by atoms with Gasteiger partial charge in [0.1, 0.15) is 0 Å². The molecule has 0 spiro atoms. The normalized spacial score (nSPS) is 15.8. The maximum Gasteiger partial charge on any atom is 0.0414 e. The van der Waals surface area contributed by atoms with Gasteiger partial charge in [0.2, 0.25) is 0 Å². The summed E-state index contributed by atoms with van der Waals surface area (Å²) in [5, 5.41) is 3.59. The van der Waals surface area contributed by atoms with E-state index >= 15 is 0 Å². The summed E-state index contributed by atoms with van der Waals surface area (Å²) in [7, 11) is 0. The zero-order valence-electron chi connectivity index (χ0n) is 11.8. The van der Waals surface area contributed by atoms with Crippen molar-refractivity contribution < 1.29 is 0 Å². The van der Waals surface area contributed by atoms with Crippen LogP contribution in [0.25, 0.3) is 0 Å². The molecule has 2 rings (SSSR count). The van der Waals surface area contributed by atoms with E-state index in [9.17, 15) is 0 Å². The average molecular weight is 246 g/mol. The molecule has 2 heteroatoms. The van der Waals surface area contributed by atoms with Crippen molar-refractivity contribution in [1.29, 1.82) is 0 Å². The van der Waals surface area contributed by atoms with E-state index in [0.29, 0.717) is 6.04 Å².